The van der Waals surface area contributed by atoms with Gasteiger partial charge < -0.3 is 19.8 Å². The fraction of sp³-hybridized carbons (Fsp3) is 0.314. The summed E-state index contributed by atoms with van der Waals surface area (Å²) in [5.74, 6) is -0.427. The summed E-state index contributed by atoms with van der Waals surface area (Å²) < 4.78 is 11.5. The van der Waals surface area contributed by atoms with E-state index < -0.39 is 11.8 Å². The van der Waals surface area contributed by atoms with E-state index in [1.807, 2.05) is 55.5 Å². The third-order valence-electron chi connectivity index (χ3n) is 10.0. The van der Waals surface area contributed by atoms with Crippen LogP contribution in [0.3, 0.4) is 0 Å². The number of carbonyl (C=O) groups excluding carboxylic acids is 3. The number of thiazole rings is 1. The van der Waals surface area contributed by atoms with Crippen LogP contribution < -0.4 is 24.6 Å². The normalized spacial score (nSPS) is 27.3. The number of para-hydroxylation sites is 1. The first-order valence-corrected chi connectivity index (χ1v) is 17.0. The van der Waals surface area contributed by atoms with Gasteiger partial charge in [-0.1, -0.05) is 47.2 Å². The monoisotopic (exact) mass is 653 g/mol. The van der Waals surface area contributed by atoms with Crippen LogP contribution in [-0.2, 0) is 14.4 Å². The summed E-state index contributed by atoms with van der Waals surface area (Å²) in [6.45, 7) is 1.80. The second kappa shape index (κ2) is 11.2. The number of aromatic amines is 1. The van der Waals surface area contributed by atoms with Gasteiger partial charge in [0, 0.05) is 27.3 Å². The molecule has 46 heavy (non-hydrogen) atoms. The van der Waals surface area contributed by atoms with Crippen molar-refractivity contribution in [2.45, 2.75) is 29.5 Å². The summed E-state index contributed by atoms with van der Waals surface area (Å²) in [5, 5.41) is 3.74. The molecule has 3 aromatic carbocycles. The molecule has 11 heteroatoms. The van der Waals surface area contributed by atoms with E-state index in [1.165, 1.54) is 16.2 Å². The Balaban J connectivity index is 1.11. The number of imide groups is 1. The number of aromatic nitrogens is 1. The standard InChI is InChI=1S/C35H31N3O6S2/c1-17-7-9-18(10-8-17)36-25(39)16-44-24-6-4-3-5-21(24)26-27-22-15-23(30(27)45-32-31(26)46-35(42)37-32)29-28(22)33(40)38(34(29)41)19-11-13-20(43-2)14-12-19/h3-14,22-23,26-30H,15-16H2,1-2H3,(H,36,39)(H,37,42)/t22?,23?,26-,27?,28?,29?,30?/m1/s1. The van der Waals surface area contributed by atoms with E-state index in [1.54, 1.807) is 43.1 Å². The molecule has 1 saturated heterocycles. The van der Waals surface area contributed by atoms with Gasteiger partial charge in [0.05, 0.1) is 29.7 Å². The number of ether oxygens (including phenoxy) is 2. The number of nitrogens with one attached hydrogen (secondary N) is 2. The minimum atomic E-state index is -0.422. The van der Waals surface area contributed by atoms with E-state index in [0.717, 1.165) is 27.5 Å². The molecule has 8 rings (SSSR count). The van der Waals surface area contributed by atoms with Crippen LogP contribution in [0, 0.1) is 36.5 Å². The molecule has 7 atom stereocenters. The molecule has 2 aliphatic heterocycles. The molecule has 9 nitrogen and oxygen atoms in total. The Kier molecular flexibility index (Phi) is 7.06. The molecule has 4 aromatic rings. The first-order chi connectivity index (χ1) is 22.3. The van der Waals surface area contributed by atoms with Gasteiger partial charge in [-0.15, -0.1) is 11.8 Å². The van der Waals surface area contributed by atoms with Crippen LogP contribution in [0.4, 0.5) is 11.4 Å². The largest absolute Gasteiger partial charge is 0.497 e. The third kappa shape index (κ3) is 4.59. The second-order valence-corrected chi connectivity index (χ2v) is 14.6. The first kappa shape index (κ1) is 29.1. The lowest BCUT2D eigenvalue weighted by Gasteiger charge is -2.43. The Labute approximate surface area is 273 Å². The molecule has 234 valence electrons. The van der Waals surface area contributed by atoms with E-state index in [2.05, 4.69) is 10.3 Å². The number of anilines is 2. The lowest BCUT2D eigenvalue weighted by atomic mass is 9.68. The number of rotatable bonds is 7. The molecule has 6 unspecified atom stereocenters. The van der Waals surface area contributed by atoms with Crippen molar-refractivity contribution in [2.75, 3.05) is 23.9 Å². The summed E-state index contributed by atoms with van der Waals surface area (Å²) in [6, 6.07) is 22.3. The summed E-state index contributed by atoms with van der Waals surface area (Å²) >= 11 is 2.83. The second-order valence-electron chi connectivity index (χ2n) is 12.4. The fourth-order valence-electron chi connectivity index (χ4n) is 8.20. The van der Waals surface area contributed by atoms with Gasteiger partial charge in [-0.2, -0.15) is 0 Å². The average molecular weight is 654 g/mol. The van der Waals surface area contributed by atoms with Gasteiger partial charge in [0.1, 0.15) is 11.5 Å². The number of carbonyl (C=O) groups is 3. The number of thioether (sulfide) groups is 1. The number of nitrogens with zero attached hydrogens (tertiary/aromatic N) is 1. The third-order valence-corrected chi connectivity index (χ3v) is 12.6. The molecule has 0 spiro atoms. The predicted octanol–water partition coefficient (Wildman–Crippen LogP) is 5.45. The number of benzene rings is 3. The zero-order valence-corrected chi connectivity index (χ0v) is 26.7. The van der Waals surface area contributed by atoms with Crippen molar-refractivity contribution in [3.63, 3.8) is 0 Å². The smallest absolute Gasteiger partial charge is 0.305 e. The minimum Gasteiger partial charge on any atom is -0.497 e. The van der Waals surface area contributed by atoms with Crippen molar-refractivity contribution in [1.29, 1.82) is 0 Å². The summed E-state index contributed by atoms with van der Waals surface area (Å²) in [5.41, 5.74) is 3.23. The van der Waals surface area contributed by atoms with Crippen molar-refractivity contribution in [2.24, 2.45) is 29.6 Å². The highest BCUT2D eigenvalue weighted by molar-refractivity contribution is 8.00. The number of hydrogen-bond acceptors (Lipinski definition) is 8. The van der Waals surface area contributed by atoms with Crippen molar-refractivity contribution in [3.8, 4) is 11.5 Å². The number of methoxy groups -OCH3 is 1. The van der Waals surface area contributed by atoms with E-state index >= 15 is 0 Å². The van der Waals surface area contributed by atoms with Gasteiger partial charge in [0.25, 0.3) is 5.91 Å². The van der Waals surface area contributed by atoms with Crippen molar-refractivity contribution in [3.05, 3.63) is 98.5 Å². The van der Waals surface area contributed by atoms with E-state index in [9.17, 15) is 19.2 Å². The Morgan fingerprint density at radius 3 is 2.41 bits per heavy atom. The quantitative estimate of drug-likeness (QED) is 0.255. The Hall–Kier alpha value is -4.35. The van der Waals surface area contributed by atoms with Crippen LogP contribution in [0.25, 0.3) is 0 Å². The highest BCUT2D eigenvalue weighted by Gasteiger charge is 2.69. The number of fused-ring (bicyclic) bond motifs is 9. The number of amides is 3. The van der Waals surface area contributed by atoms with Crippen molar-refractivity contribution >= 4 is 52.2 Å². The van der Waals surface area contributed by atoms with Gasteiger partial charge in [-0.05, 0) is 73.6 Å². The molecule has 2 bridgehead atoms. The summed E-state index contributed by atoms with van der Waals surface area (Å²) in [7, 11) is 1.58. The lowest BCUT2D eigenvalue weighted by Crippen LogP contribution is -2.42. The van der Waals surface area contributed by atoms with Gasteiger partial charge in [-0.3, -0.25) is 24.1 Å². The van der Waals surface area contributed by atoms with Gasteiger partial charge in [0.15, 0.2) is 6.61 Å². The highest BCUT2D eigenvalue weighted by Crippen LogP contribution is 2.69. The minimum absolute atomic E-state index is 0.00267. The van der Waals surface area contributed by atoms with Crippen LogP contribution >= 0.6 is 23.1 Å². The maximum Gasteiger partial charge on any atom is 0.305 e. The maximum atomic E-state index is 14.1. The average Bonchev–Trinajstić information content (AvgIpc) is 3.80. The van der Waals surface area contributed by atoms with E-state index in [0.29, 0.717) is 22.9 Å². The molecule has 2 aliphatic carbocycles. The molecule has 2 saturated carbocycles. The maximum absolute atomic E-state index is 14.1. The molecular weight excluding hydrogens is 623 g/mol. The molecule has 0 radical (unpaired) electrons. The van der Waals surface area contributed by atoms with Crippen molar-refractivity contribution < 1.29 is 23.9 Å². The first-order valence-electron chi connectivity index (χ1n) is 15.3. The Morgan fingerprint density at radius 1 is 0.957 bits per heavy atom. The topological polar surface area (TPSA) is 118 Å². The zero-order chi connectivity index (χ0) is 31.7. The van der Waals surface area contributed by atoms with Gasteiger partial charge in [-0.25, -0.2) is 0 Å². The van der Waals surface area contributed by atoms with Crippen LogP contribution in [0.15, 0.2) is 82.6 Å². The van der Waals surface area contributed by atoms with Gasteiger partial charge >= 0.3 is 4.87 Å². The van der Waals surface area contributed by atoms with Crippen LogP contribution in [0.1, 0.15) is 28.3 Å². The zero-order valence-electron chi connectivity index (χ0n) is 25.1. The number of H-pyrrole nitrogens is 1. The molecule has 1 aromatic heterocycles. The van der Waals surface area contributed by atoms with E-state index in [-0.39, 0.29) is 58.1 Å². The van der Waals surface area contributed by atoms with Crippen molar-refractivity contribution in [1.82, 2.24) is 4.98 Å². The lowest BCUT2D eigenvalue weighted by molar-refractivity contribution is -0.123. The number of hydrogen-bond donors (Lipinski definition) is 2. The molecule has 3 fully saturated rings. The molecular formula is C35H31N3O6S2. The fourth-order valence-corrected chi connectivity index (χ4v) is 11.1. The highest BCUT2D eigenvalue weighted by atomic mass is 32.2. The molecule has 3 amide bonds. The van der Waals surface area contributed by atoms with Crippen LogP contribution in [0.2, 0.25) is 0 Å². The summed E-state index contributed by atoms with van der Waals surface area (Å²) in [6.07, 6.45) is 0.781. The predicted molar refractivity (Wildman–Crippen MR) is 176 cm³/mol. The Morgan fingerprint density at radius 2 is 1.67 bits per heavy atom. The number of aryl methyl sites for hydroxylation is 1. The van der Waals surface area contributed by atoms with Crippen LogP contribution in [0.5, 0.6) is 11.5 Å². The summed E-state index contributed by atoms with van der Waals surface area (Å²) in [4.78, 5) is 58.8. The molecule has 3 heterocycles. The Bertz CT molecular complexity index is 1920. The molecule has 2 N–H and O–H groups in total. The van der Waals surface area contributed by atoms with Gasteiger partial charge in [0.2, 0.25) is 11.8 Å². The van der Waals surface area contributed by atoms with E-state index in [4.69, 9.17) is 9.47 Å². The van der Waals surface area contributed by atoms with Crippen LogP contribution in [-0.4, -0.2) is 41.7 Å². The SMILES string of the molecule is COc1ccc(N2C(=O)C3C4CC(C3C2=O)C2C4Sc3[nH]c(=O)sc3[C@@H]2c2ccccc2OCC(=O)Nc2ccc(C)cc2)cc1. The molecule has 4 aliphatic rings.